The van der Waals surface area contributed by atoms with Crippen LogP contribution in [0.4, 0.5) is 0 Å². The van der Waals surface area contributed by atoms with E-state index in [0.29, 0.717) is 6.04 Å². The number of likely N-dealkylation sites (tertiary alicyclic amines) is 1. The molecule has 0 aromatic heterocycles. The molecule has 2 fully saturated rings. The largest absolute Gasteiger partial charge is 0.300 e. The van der Waals surface area contributed by atoms with Crippen molar-refractivity contribution in [2.45, 2.75) is 76.4 Å². The van der Waals surface area contributed by atoms with Crippen LogP contribution in [-0.2, 0) is 0 Å². The Morgan fingerprint density at radius 2 is 2.11 bits per heavy atom. The predicted molar refractivity (Wildman–Crippen MR) is 74.3 cm³/mol. The summed E-state index contributed by atoms with van der Waals surface area (Å²) in [6.07, 6.45) is 8.75. The Hall–Kier alpha value is -0.590. The van der Waals surface area contributed by atoms with Crippen molar-refractivity contribution in [3.05, 3.63) is 0 Å². The Morgan fingerprint density at radius 3 is 2.72 bits per heavy atom. The van der Waals surface area contributed by atoms with Gasteiger partial charge >= 0.3 is 0 Å². The molecule has 2 aliphatic rings. The zero-order valence-electron chi connectivity index (χ0n) is 11.9. The van der Waals surface area contributed by atoms with Crippen molar-refractivity contribution >= 4 is 0 Å². The van der Waals surface area contributed by atoms with E-state index in [1.165, 1.54) is 45.1 Å². The first kappa shape index (κ1) is 13.8. The molecule has 0 aromatic carbocycles. The fraction of sp³-hybridized carbons (Fsp3) is 0.933. The van der Waals surface area contributed by atoms with Gasteiger partial charge in [-0.3, -0.25) is 5.32 Å². The molecule has 1 aliphatic carbocycles. The molecule has 0 spiro atoms. The fourth-order valence-corrected chi connectivity index (χ4v) is 3.02. The maximum absolute atomic E-state index is 9.38. The van der Waals surface area contributed by atoms with Crippen LogP contribution in [0.25, 0.3) is 0 Å². The van der Waals surface area contributed by atoms with Gasteiger partial charge in [0.1, 0.15) is 5.54 Å². The first-order valence-corrected chi connectivity index (χ1v) is 7.60. The number of nitrogens with one attached hydrogen (secondary N) is 1. The van der Waals surface area contributed by atoms with E-state index in [9.17, 15) is 5.26 Å². The van der Waals surface area contributed by atoms with E-state index in [4.69, 9.17) is 0 Å². The summed E-state index contributed by atoms with van der Waals surface area (Å²) in [6.45, 7) is 6.65. The van der Waals surface area contributed by atoms with E-state index < -0.39 is 0 Å². The van der Waals surface area contributed by atoms with Gasteiger partial charge in [-0.1, -0.05) is 13.3 Å². The van der Waals surface area contributed by atoms with E-state index in [1.807, 2.05) is 0 Å². The standard InChI is InChI=1S/C15H27N3/c1-3-14-6-4-5-10-18(14)11-9-15(2,12-16)17-13-7-8-13/h13-14,17H,3-11H2,1-2H3. The van der Waals surface area contributed by atoms with Crippen molar-refractivity contribution in [2.24, 2.45) is 0 Å². The first-order chi connectivity index (χ1) is 8.67. The van der Waals surface area contributed by atoms with Crippen molar-refractivity contribution < 1.29 is 0 Å². The molecule has 18 heavy (non-hydrogen) atoms. The lowest BCUT2D eigenvalue weighted by molar-refractivity contribution is 0.133. The van der Waals surface area contributed by atoms with Crippen LogP contribution in [0.2, 0.25) is 0 Å². The van der Waals surface area contributed by atoms with Crippen molar-refractivity contribution in [1.82, 2.24) is 10.2 Å². The number of hydrogen-bond acceptors (Lipinski definition) is 3. The lowest BCUT2D eigenvalue weighted by Gasteiger charge is -2.37. The average molecular weight is 249 g/mol. The van der Waals surface area contributed by atoms with Gasteiger partial charge in [-0.25, -0.2) is 0 Å². The Bertz CT molecular complexity index is 305. The highest BCUT2D eigenvalue weighted by Gasteiger charge is 2.33. The van der Waals surface area contributed by atoms with Crippen LogP contribution in [0.15, 0.2) is 0 Å². The molecule has 1 N–H and O–H groups in total. The van der Waals surface area contributed by atoms with Crippen LogP contribution in [-0.4, -0.2) is 35.6 Å². The molecule has 0 aromatic rings. The summed E-state index contributed by atoms with van der Waals surface area (Å²) in [5, 5.41) is 12.9. The van der Waals surface area contributed by atoms with Crippen LogP contribution in [0.5, 0.6) is 0 Å². The van der Waals surface area contributed by atoms with Gasteiger partial charge in [0.15, 0.2) is 0 Å². The summed E-state index contributed by atoms with van der Waals surface area (Å²) in [6, 6.07) is 3.85. The maximum Gasteiger partial charge on any atom is 0.105 e. The topological polar surface area (TPSA) is 39.1 Å². The molecule has 3 nitrogen and oxygen atoms in total. The second-order valence-corrected chi connectivity index (χ2v) is 6.21. The Kier molecular flexibility index (Phi) is 4.64. The van der Waals surface area contributed by atoms with E-state index in [1.54, 1.807) is 0 Å². The zero-order valence-corrected chi connectivity index (χ0v) is 11.9. The minimum absolute atomic E-state index is 0.323. The normalized spacial score (nSPS) is 28.6. The first-order valence-electron chi connectivity index (χ1n) is 7.60. The number of rotatable bonds is 6. The molecule has 0 bridgehead atoms. The van der Waals surface area contributed by atoms with E-state index >= 15 is 0 Å². The minimum atomic E-state index is -0.323. The van der Waals surface area contributed by atoms with Gasteiger partial charge in [0.2, 0.25) is 0 Å². The summed E-state index contributed by atoms with van der Waals surface area (Å²) < 4.78 is 0. The van der Waals surface area contributed by atoms with E-state index in [0.717, 1.165) is 19.0 Å². The molecular formula is C15H27N3. The van der Waals surface area contributed by atoms with Crippen molar-refractivity contribution in [3.63, 3.8) is 0 Å². The smallest absolute Gasteiger partial charge is 0.105 e. The lowest BCUT2D eigenvalue weighted by Crippen LogP contribution is -2.47. The third-order valence-electron chi connectivity index (χ3n) is 4.47. The second-order valence-electron chi connectivity index (χ2n) is 6.21. The van der Waals surface area contributed by atoms with Crippen LogP contribution in [0, 0.1) is 11.3 Å². The monoisotopic (exact) mass is 249 g/mol. The average Bonchev–Trinajstić information content (AvgIpc) is 3.20. The molecule has 2 rings (SSSR count). The summed E-state index contributed by atoms with van der Waals surface area (Å²) in [7, 11) is 0. The molecule has 102 valence electrons. The number of nitrogens with zero attached hydrogens (tertiary/aromatic N) is 2. The third kappa shape index (κ3) is 3.70. The highest BCUT2D eigenvalue weighted by atomic mass is 15.2. The summed E-state index contributed by atoms with van der Waals surface area (Å²) in [5.74, 6) is 0. The molecule has 3 heteroatoms. The molecule has 1 saturated heterocycles. The zero-order chi connectivity index (χ0) is 13.0. The summed E-state index contributed by atoms with van der Waals surface area (Å²) in [5.41, 5.74) is -0.323. The molecular weight excluding hydrogens is 222 g/mol. The maximum atomic E-state index is 9.38. The van der Waals surface area contributed by atoms with E-state index in [-0.39, 0.29) is 5.54 Å². The molecule has 0 amide bonds. The van der Waals surface area contributed by atoms with Gasteiger partial charge < -0.3 is 4.90 Å². The number of piperidine rings is 1. The SMILES string of the molecule is CCC1CCCCN1CCC(C)(C#N)NC1CC1. The van der Waals surface area contributed by atoms with Gasteiger partial charge in [-0.15, -0.1) is 0 Å². The second kappa shape index (κ2) is 6.04. The van der Waals surface area contributed by atoms with Gasteiger partial charge in [0.25, 0.3) is 0 Å². The molecule has 1 saturated carbocycles. The van der Waals surface area contributed by atoms with E-state index in [2.05, 4.69) is 30.1 Å². The molecule has 0 radical (unpaired) electrons. The lowest BCUT2D eigenvalue weighted by atomic mass is 9.95. The number of nitriles is 1. The van der Waals surface area contributed by atoms with Gasteiger partial charge in [-0.05, 0) is 52.0 Å². The Morgan fingerprint density at radius 1 is 1.33 bits per heavy atom. The quantitative estimate of drug-likeness (QED) is 0.786. The fourth-order valence-electron chi connectivity index (χ4n) is 3.02. The summed E-state index contributed by atoms with van der Waals surface area (Å²) >= 11 is 0. The van der Waals surface area contributed by atoms with Gasteiger partial charge in [0, 0.05) is 18.6 Å². The molecule has 2 atom stereocenters. The van der Waals surface area contributed by atoms with Crippen molar-refractivity contribution in [1.29, 1.82) is 5.26 Å². The van der Waals surface area contributed by atoms with Crippen molar-refractivity contribution in [2.75, 3.05) is 13.1 Å². The minimum Gasteiger partial charge on any atom is -0.300 e. The van der Waals surface area contributed by atoms with Crippen LogP contribution >= 0.6 is 0 Å². The predicted octanol–water partition coefficient (Wildman–Crippen LogP) is 2.68. The highest BCUT2D eigenvalue weighted by Crippen LogP contribution is 2.25. The summed E-state index contributed by atoms with van der Waals surface area (Å²) in [4.78, 5) is 2.60. The third-order valence-corrected chi connectivity index (χ3v) is 4.47. The number of hydrogen-bond donors (Lipinski definition) is 1. The Balaban J connectivity index is 1.82. The van der Waals surface area contributed by atoms with Crippen LogP contribution < -0.4 is 5.32 Å². The molecule has 2 unspecified atom stereocenters. The van der Waals surface area contributed by atoms with Crippen molar-refractivity contribution in [3.8, 4) is 6.07 Å². The van der Waals surface area contributed by atoms with Crippen LogP contribution in [0.3, 0.4) is 0 Å². The molecule has 1 heterocycles. The molecule has 1 aliphatic heterocycles. The van der Waals surface area contributed by atoms with Gasteiger partial charge in [-0.2, -0.15) is 5.26 Å². The Labute approximate surface area is 112 Å². The van der Waals surface area contributed by atoms with Gasteiger partial charge in [0.05, 0.1) is 6.07 Å². The highest BCUT2D eigenvalue weighted by molar-refractivity contribution is 5.07. The van der Waals surface area contributed by atoms with Crippen LogP contribution in [0.1, 0.15) is 58.8 Å².